The minimum atomic E-state index is -0.342. The number of carbonyl (C=O) groups is 2. The number of carbonyl (C=O) groups excluding carboxylic acids is 2. The van der Waals surface area contributed by atoms with E-state index in [9.17, 15) is 9.59 Å². The molecule has 0 bridgehead atoms. The summed E-state index contributed by atoms with van der Waals surface area (Å²) >= 11 is 0. The Balaban J connectivity index is 1.80. The molecule has 162 valence electrons. The number of esters is 1. The molecule has 0 spiro atoms. The Morgan fingerprint density at radius 2 is 1.77 bits per heavy atom. The van der Waals surface area contributed by atoms with Gasteiger partial charge in [0.2, 0.25) is 0 Å². The van der Waals surface area contributed by atoms with Crippen LogP contribution in [0.1, 0.15) is 36.2 Å². The van der Waals surface area contributed by atoms with E-state index in [1.807, 2.05) is 54.6 Å². The number of benzene rings is 2. The summed E-state index contributed by atoms with van der Waals surface area (Å²) < 4.78 is 12.1. The Hall–Kier alpha value is -3.61. The van der Waals surface area contributed by atoms with Crippen LogP contribution in [0, 0.1) is 0 Å². The van der Waals surface area contributed by atoms with Crippen LogP contribution in [0.5, 0.6) is 5.75 Å². The first kappa shape index (κ1) is 22.1. The maximum atomic E-state index is 12.9. The molecule has 0 atom stereocenters. The molecule has 0 saturated heterocycles. The Labute approximate surface area is 182 Å². The fourth-order valence-electron chi connectivity index (χ4n) is 3.10. The number of amides is 1. The molecule has 0 aliphatic carbocycles. The topological polar surface area (TPSA) is 82.5 Å². The van der Waals surface area contributed by atoms with E-state index in [0.717, 1.165) is 16.9 Å². The van der Waals surface area contributed by atoms with Crippen molar-refractivity contribution in [3.05, 3.63) is 71.9 Å². The van der Waals surface area contributed by atoms with Crippen molar-refractivity contribution in [2.24, 2.45) is 0 Å². The van der Waals surface area contributed by atoms with E-state index >= 15 is 0 Å². The summed E-state index contributed by atoms with van der Waals surface area (Å²) in [5.41, 5.74) is 2.89. The second-order valence-electron chi connectivity index (χ2n) is 7.35. The predicted molar refractivity (Wildman–Crippen MR) is 118 cm³/mol. The highest BCUT2D eigenvalue weighted by Crippen LogP contribution is 2.25. The van der Waals surface area contributed by atoms with Gasteiger partial charge < -0.3 is 14.8 Å². The van der Waals surface area contributed by atoms with Gasteiger partial charge in [-0.1, -0.05) is 30.3 Å². The lowest BCUT2D eigenvalue weighted by atomic mass is 10.1. The van der Waals surface area contributed by atoms with Gasteiger partial charge in [0.1, 0.15) is 11.4 Å². The van der Waals surface area contributed by atoms with Gasteiger partial charge in [0.25, 0.3) is 5.91 Å². The quantitative estimate of drug-likeness (QED) is 0.533. The lowest BCUT2D eigenvalue weighted by molar-refractivity contribution is -0.147. The molecule has 1 heterocycles. The first-order valence-electron chi connectivity index (χ1n) is 10.2. The van der Waals surface area contributed by atoms with Gasteiger partial charge in [0.05, 0.1) is 31.7 Å². The summed E-state index contributed by atoms with van der Waals surface area (Å²) in [7, 11) is 1.60. The number of ether oxygens (including phenoxy) is 2. The van der Waals surface area contributed by atoms with Crippen LogP contribution >= 0.6 is 0 Å². The summed E-state index contributed by atoms with van der Waals surface area (Å²) in [6, 6.07) is 17.3. The summed E-state index contributed by atoms with van der Waals surface area (Å²) in [4.78, 5) is 24.6. The third kappa shape index (κ3) is 6.18. The van der Waals surface area contributed by atoms with Crippen molar-refractivity contribution in [2.75, 3.05) is 13.7 Å². The van der Waals surface area contributed by atoms with Crippen LogP contribution in [0.4, 0.5) is 0 Å². The minimum Gasteiger partial charge on any atom is -0.497 e. The maximum absolute atomic E-state index is 12.9. The minimum absolute atomic E-state index is 0.111. The predicted octanol–water partition coefficient (Wildman–Crippen LogP) is 3.68. The number of hydrogen-bond donors (Lipinski definition) is 1. The highest BCUT2D eigenvalue weighted by molar-refractivity contribution is 6.00. The van der Waals surface area contributed by atoms with Gasteiger partial charge in [-0.3, -0.25) is 14.3 Å². The van der Waals surface area contributed by atoms with Crippen LogP contribution in [0.3, 0.4) is 0 Å². The molecule has 31 heavy (non-hydrogen) atoms. The van der Waals surface area contributed by atoms with E-state index in [4.69, 9.17) is 9.47 Å². The van der Waals surface area contributed by atoms with Crippen LogP contribution in [0.2, 0.25) is 0 Å². The highest BCUT2D eigenvalue weighted by atomic mass is 16.5. The monoisotopic (exact) mass is 421 g/mol. The smallest absolute Gasteiger partial charge is 0.307 e. The molecule has 1 aromatic heterocycles. The highest BCUT2D eigenvalue weighted by Gasteiger charge is 2.18. The molecular formula is C24H27N3O4. The summed E-state index contributed by atoms with van der Waals surface area (Å²) in [5, 5.41) is 7.45. The number of methoxy groups -OCH3 is 1. The van der Waals surface area contributed by atoms with Crippen LogP contribution in [-0.4, -0.2) is 41.4 Å². The average molecular weight is 421 g/mol. The van der Waals surface area contributed by atoms with Gasteiger partial charge in [-0.2, -0.15) is 5.10 Å². The first-order valence-corrected chi connectivity index (χ1v) is 10.2. The van der Waals surface area contributed by atoms with Crippen LogP contribution in [0.15, 0.2) is 60.8 Å². The normalized spacial score (nSPS) is 10.7. The van der Waals surface area contributed by atoms with Crippen molar-refractivity contribution in [1.29, 1.82) is 0 Å². The number of aromatic nitrogens is 2. The molecule has 7 heteroatoms. The Morgan fingerprint density at radius 3 is 2.42 bits per heavy atom. The van der Waals surface area contributed by atoms with E-state index in [-0.39, 0.29) is 30.9 Å². The summed E-state index contributed by atoms with van der Waals surface area (Å²) in [6.45, 7) is 4.31. The first-order chi connectivity index (χ1) is 15.0. The standard InChI is InChI=1S/C24H27N3O4/c1-17(2)31-22(28)13-14-25-24(29)21-16-27(15-18-7-5-4-6-8-18)26-23(21)19-9-11-20(30-3)12-10-19/h4-12,16-17H,13-15H2,1-3H3,(H,25,29). The molecule has 3 rings (SSSR count). The fraction of sp³-hybridized carbons (Fsp3) is 0.292. The average Bonchev–Trinajstić information content (AvgIpc) is 3.18. The van der Waals surface area contributed by atoms with Crippen molar-refractivity contribution in [3.8, 4) is 17.0 Å². The van der Waals surface area contributed by atoms with Crippen LogP contribution < -0.4 is 10.1 Å². The number of nitrogens with zero attached hydrogens (tertiary/aromatic N) is 2. The molecule has 0 aliphatic rings. The number of hydrogen-bond acceptors (Lipinski definition) is 5. The fourth-order valence-corrected chi connectivity index (χ4v) is 3.10. The molecule has 1 amide bonds. The molecule has 0 unspecified atom stereocenters. The van der Waals surface area contributed by atoms with E-state index in [2.05, 4.69) is 10.4 Å². The molecule has 0 fully saturated rings. The number of nitrogens with one attached hydrogen (secondary N) is 1. The van der Waals surface area contributed by atoms with Crippen molar-refractivity contribution >= 4 is 11.9 Å². The largest absolute Gasteiger partial charge is 0.497 e. The summed E-state index contributed by atoms with van der Waals surface area (Å²) in [6.07, 6.45) is 1.66. The van der Waals surface area contributed by atoms with E-state index < -0.39 is 0 Å². The van der Waals surface area contributed by atoms with E-state index in [1.54, 1.807) is 31.8 Å². The van der Waals surface area contributed by atoms with Gasteiger partial charge in [-0.25, -0.2) is 0 Å². The zero-order valence-corrected chi connectivity index (χ0v) is 18.0. The van der Waals surface area contributed by atoms with Crippen molar-refractivity contribution < 1.29 is 19.1 Å². The Bertz CT molecular complexity index is 1010. The van der Waals surface area contributed by atoms with Crippen molar-refractivity contribution in [2.45, 2.75) is 32.9 Å². The lowest BCUT2D eigenvalue weighted by Gasteiger charge is -2.08. The SMILES string of the molecule is COc1ccc(-c2nn(Cc3ccccc3)cc2C(=O)NCCC(=O)OC(C)C)cc1. The van der Waals surface area contributed by atoms with E-state index in [1.165, 1.54) is 0 Å². The zero-order chi connectivity index (χ0) is 22.2. The van der Waals surface area contributed by atoms with Gasteiger partial charge in [-0.05, 0) is 43.7 Å². The van der Waals surface area contributed by atoms with Gasteiger partial charge in [0.15, 0.2) is 0 Å². The second kappa shape index (κ2) is 10.4. The third-order valence-electron chi connectivity index (χ3n) is 4.54. The third-order valence-corrected chi connectivity index (χ3v) is 4.54. The Kier molecular flexibility index (Phi) is 7.43. The molecule has 0 aliphatic heterocycles. The maximum Gasteiger partial charge on any atom is 0.307 e. The van der Waals surface area contributed by atoms with Crippen molar-refractivity contribution in [3.63, 3.8) is 0 Å². The van der Waals surface area contributed by atoms with Crippen molar-refractivity contribution in [1.82, 2.24) is 15.1 Å². The summed E-state index contributed by atoms with van der Waals surface area (Å²) in [5.74, 6) is 0.0926. The second-order valence-corrected chi connectivity index (χ2v) is 7.35. The Morgan fingerprint density at radius 1 is 1.06 bits per heavy atom. The van der Waals surface area contributed by atoms with Gasteiger partial charge in [-0.15, -0.1) is 0 Å². The lowest BCUT2D eigenvalue weighted by Crippen LogP contribution is -2.27. The molecule has 7 nitrogen and oxygen atoms in total. The molecule has 2 aromatic carbocycles. The van der Waals surface area contributed by atoms with Crippen LogP contribution in [-0.2, 0) is 16.1 Å². The van der Waals surface area contributed by atoms with Gasteiger partial charge >= 0.3 is 5.97 Å². The van der Waals surface area contributed by atoms with E-state index in [0.29, 0.717) is 17.8 Å². The molecule has 3 aromatic rings. The number of rotatable bonds is 9. The molecule has 0 radical (unpaired) electrons. The zero-order valence-electron chi connectivity index (χ0n) is 18.0. The molecule has 0 saturated carbocycles. The molecule has 1 N–H and O–H groups in total. The van der Waals surface area contributed by atoms with Gasteiger partial charge in [0, 0.05) is 18.3 Å². The van der Waals surface area contributed by atoms with Crippen LogP contribution in [0.25, 0.3) is 11.3 Å². The molecular weight excluding hydrogens is 394 g/mol.